The normalized spacial score (nSPS) is 23.5. The summed E-state index contributed by atoms with van der Waals surface area (Å²) in [6, 6.07) is 14.3. The van der Waals surface area contributed by atoms with E-state index in [4.69, 9.17) is 4.74 Å². The van der Waals surface area contributed by atoms with Gasteiger partial charge in [-0.05, 0) is 23.6 Å². The lowest BCUT2D eigenvalue weighted by molar-refractivity contribution is -0.142. The van der Waals surface area contributed by atoms with Crippen molar-refractivity contribution >= 4 is 5.91 Å². The summed E-state index contributed by atoms with van der Waals surface area (Å²) in [6.07, 6.45) is 5.33. The molecule has 2 atom stereocenters. The summed E-state index contributed by atoms with van der Waals surface area (Å²) in [5.74, 6) is 0.210. The van der Waals surface area contributed by atoms with Crippen LogP contribution in [0.1, 0.15) is 17.5 Å². The highest BCUT2D eigenvalue weighted by Gasteiger charge is 2.38. The molecule has 2 aromatic rings. The minimum absolute atomic E-state index is 0.210. The van der Waals surface area contributed by atoms with Gasteiger partial charge in [0, 0.05) is 38.6 Å². The SMILES string of the molecule is O=C(Cc1ccccc1)N1CC[C@H]2OCCN(Cc3cccnc3)[C@@H]2C1. The Hall–Kier alpha value is -2.24. The van der Waals surface area contributed by atoms with E-state index in [-0.39, 0.29) is 18.1 Å². The largest absolute Gasteiger partial charge is 0.375 e. The number of hydrogen-bond acceptors (Lipinski definition) is 4. The molecular formula is C21H25N3O2. The quantitative estimate of drug-likeness (QED) is 0.847. The van der Waals surface area contributed by atoms with Crippen LogP contribution in [0.25, 0.3) is 0 Å². The van der Waals surface area contributed by atoms with Crippen molar-refractivity contribution in [3.63, 3.8) is 0 Å². The molecule has 0 spiro atoms. The first-order valence-corrected chi connectivity index (χ1v) is 9.36. The number of morpholine rings is 1. The van der Waals surface area contributed by atoms with E-state index in [0.717, 1.165) is 44.8 Å². The van der Waals surface area contributed by atoms with Crippen LogP contribution in [0.3, 0.4) is 0 Å². The number of carbonyl (C=O) groups is 1. The highest BCUT2D eigenvalue weighted by molar-refractivity contribution is 5.79. The number of nitrogens with zero attached hydrogens (tertiary/aromatic N) is 3. The Kier molecular flexibility index (Phi) is 5.27. The van der Waals surface area contributed by atoms with Crippen LogP contribution in [0.15, 0.2) is 54.9 Å². The molecule has 0 bridgehead atoms. The Morgan fingerprint density at radius 1 is 1.12 bits per heavy atom. The second kappa shape index (κ2) is 7.98. The van der Waals surface area contributed by atoms with Crippen LogP contribution < -0.4 is 0 Å². The first-order valence-electron chi connectivity index (χ1n) is 9.36. The van der Waals surface area contributed by atoms with E-state index in [9.17, 15) is 4.79 Å². The predicted molar refractivity (Wildman–Crippen MR) is 99.5 cm³/mol. The molecule has 0 aliphatic carbocycles. The van der Waals surface area contributed by atoms with E-state index in [2.05, 4.69) is 16.0 Å². The van der Waals surface area contributed by atoms with Gasteiger partial charge in [0.05, 0.1) is 25.2 Å². The van der Waals surface area contributed by atoms with Crippen molar-refractivity contribution in [1.29, 1.82) is 0 Å². The zero-order chi connectivity index (χ0) is 17.8. The second-order valence-corrected chi connectivity index (χ2v) is 7.10. The molecule has 0 unspecified atom stereocenters. The molecule has 4 rings (SSSR count). The maximum atomic E-state index is 12.8. The standard InChI is InChI=1S/C21H25N3O2/c25-21(13-17-5-2-1-3-6-17)24-10-8-20-19(16-24)23(11-12-26-20)15-18-7-4-9-22-14-18/h1-7,9,14,19-20H,8,10-13,15-16H2/t19-,20-/m1/s1. The van der Waals surface area contributed by atoms with Crippen LogP contribution in [0.2, 0.25) is 0 Å². The maximum absolute atomic E-state index is 12.8. The molecule has 0 radical (unpaired) electrons. The van der Waals surface area contributed by atoms with Gasteiger partial charge in [0.2, 0.25) is 5.91 Å². The number of pyridine rings is 1. The molecular weight excluding hydrogens is 326 g/mol. The highest BCUT2D eigenvalue weighted by atomic mass is 16.5. The lowest BCUT2D eigenvalue weighted by Gasteiger charge is -2.47. The van der Waals surface area contributed by atoms with Crippen LogP contribution in [0, 0.1) is 0 Å². The van der Waals surface area contributed by atoms with Crippen molar-refractivity contribution in [2.75, 3.05) is 26.2 Å². The summed E-state index contributed by atoms with van der Waals surface area (Å²) < 4.78 is 6.00. The van der Waals surface area contributed by atoms with Crippen LogP contribution >= 0.6 is 0 Å². The summed E-state index contributed by atoms with van der Waals surface area (Å²) in [4.78, 5) is 21.4. The molecule has 2 aliphatic rings. The topological polar surface area (TPSA) is 45.7 Å². The van der Waals surface area contributed by atoms with E-state index in [1.807, 2.05) is 47.5 Å². The number of likely N-dealkylation sites (tertiary alicyclic amines) is 1. The van der Waals surface area contributed by atoms with Gasteiger partial charge in [0.15, 0.2) is 0 Å². The average molecular weight is 351 g/mol. The lowest BCUT2D eigenvalue weighted by atomic mass is 9.97. The van der Waals surface area contributed by atoms with Crippen molar-refractivity contribution in [3.05, 3.63) is 66.0 Å². The van der Waals surface area contributed by atoms with Crippen LogP contribution in [0.4, 0.5) is 0 Å². The maximum Gasteiger partial charge on any atom is 0.227 e. The van der Waals surface area contributed by atoms with E-state index in [1.54, 1.807) is 6.20 Å². The molecule has 5 nitrogen and oxygen atoms in total. The fraction of sp³-hybridized carbons (Fsp3) is 0.429. The zero-order valence-corrected chi connectivity index (χ0v) is 15.0. The van der Waals surface area contributed by atoms with Gasteiger partial charge in [-0.15, -0.1) is 0 Å². The van der Waals surface area contributed by atoms with Crippen molar-refractivity contribution in [1.82, 2.24) is 14.8 Å². The number of amides is 1. The summed E-state index contributed by atoms with van der Waals surface area (Å²) >= 11 is 0. The van der Waals surface area contributed by atoms with E-state index in [1.165, 1.54) is 5.56 Å². The first-order chi connectivity index (χ1) is 12.8. The Bertz CT molecular complexity index is 723. The van der Waals surface area contributed by atoms with Gasteiger partial charge in [0.25, 0.3) is 0 Å². The van der Waals surface area contributed by atoms with Crippen LogP contribution in [-0.2, 0) is 22.5 Å². The van der Waals surface area contributed by atoms with Gasteiger partial charge in [-0.2, -0.15) is 0 Å². The van der Waals surface area contributed by atoms with Gasteiger partial charge in [-0.1, -0.05) is 36.4 Å². The molecule has 2 saturated heterocycles. The third-order valence-corrected chi connectivity index (χ3v) is 5.36. The smallest absolute Gasteiger partial charge is 0.227 e. The average Bonchev–Trinajstić information content (AvgIpc) is 2.69. The Balaban J connectivity index is 1.42. The first kappa shape index (κ1) is 17.2. The van der Waals surface area contributed by atoms with Gasteiger partial charge in [-0.3, -0.25) is 14.7 Å². The molecule has 5 heteroatoms. The number of ether oxygens (including phenoxy) is 1. The third-order valence-electron chi connectivity index (χ3n) is 5.36. The minimum atomic E-state index is 0.210. The molecule has 0 saturated carbocycles. The number of fused-ring (bicyclic) bond motifs is 1. The number of hydrogen-bond donors (Lipinski definition) is 0. The number of rotatable bonds is 4. The summed E-state index contributed by atoms with van der Waals surface area (Å²) in [6.45, 7) is 4.05. The monoisotopic (exact) mass is 351 g/mol. The Labute approximate surface area is 154 Å². The molecule has 136 valence electrons. The predicted octanol–water partition coefficient (Wildman–Crippen LogP) is 2.13. The molecule has 2 fully saturated rings. The van der Waals surface area contributed by atoms with Gasteiger partial charge in [0.1, 0.15) is 0 Å². The van der Waals surface area contributed by atoms with E-state index >= 15 is 0 Å². The van der Waals surface area contributed by atoms with Crippen molar-refractivity contribution < 1.29 is 9.53 Å². The zero-order valence-electron chi connectivity index (χ0n) is 15.0. The molecule has 26 heavy (non-hydrogen) atoms. The fourth-order valence-electron chi connectivity index (χ4n) is 3.97. The van der Waals surface area contributed by atoms with E-state index < -0.39 is 0 Å². The number of aromatic nitrogens is 1. The van der Waals surface area contributed by atoms with Crippen LogP contribution in [-0.4, -0.2) is 59.1 Å². The molecule has 1 aromatic heterocycles. The highest BCUT2D eigenvalue weighted by Crippen LogP contribution is 2.25. The molecule has 1 amide bonds. The molecule has 3 heterocycles. The van der Waals surface area contributed by atoms with Gasteiger partial charge < -0.3 is 9.64 Å². The van der Waals surface area contributed by atoms with Crippen molar-refractivity contribution in [2.24, 2.45) is 0 Å². The lowest BCUT2D eigenvalue weighted by Crippen LogP contribution is -2.60. The van der Waals surface area contributed by atoms with Gasteiger partial charge >= 0.3 is 0 Å². The van der Waals surface area contributed by atoms with Gasteiger partial charge in [-0.25, -0.2) is 0 Å². The number of benzene rings is 1. The minimum Gasteiger partial charge on any atom is -0.375 e. The van der Waals surface area contributed by atoms with E-state index in [0.29, 0.717) is 6.42 Å². The molecule has 1 aromatic carbocycles. The Morgan fingerprint density at radius 2 is 1.96 bits per heavy atom. The molecule has 2 aliphatic heterocycles. The van der Waals surface area contributed by atoms with Crippen molar-refractivity contribution in [3.8, 4) is 0 Å². The van der Waals surface area contributed by atoms with Crippen molar-refractivity contribution in [2.45, 2.75) is 31.5 Å². The third kappa shape index (κ3) is 3.94. The summed E-state index contributed by atoms with van der Waals surface area (Å²) in [7, 11) is 0. The summed E-state index contributed by atoms with van der Waals surface area (Å²) in [5.41, 5.74) is 2.28. The second-order valence-electron chi connectivity index (χ2n) is 7.10. The number of piperidine rings is 1. The van der Waals surface area contributed by atoms with Crippen LogP contribution in [0.5, 0.6) is 0 Å². The Morgan fingerprint density at radius 3 is 2.77 bits per heavy atom. The fourth-order valence-corrected chi connectivity index (χ4v) is 3.97. The molecule has 0 N–H and O–H groups in total. The number of carbonyl (C=O) groups excluding carboxylic acids is 1. The summed E-state index contributed by atoms with van der Waals surface area (Å²) in [5, 5.41) is 0.